The summed E-state index contributed by atoms with van der Waals surface area (Å²) in [6.07, 6.45) is 1.69. The minimum absolute atomic E-state index is 0.733. The van der Waals surface area contributed by atoms with E-state index in [1.165, 1.54) is 5.56 Å². The lowest BCUT2D eigenvalue weighted by molar-refractivity contribution is -0.116. The fourth-order valence-electron chi connectivity index (χ4n) is 1.19. The summed E-state index contributed by atoms with van der Waals surface area (Å²) in [7, 11) is 3.42. The zero-order valence-electron chi connectivity index (χ0n) is 8.56. The number of methoxy groups -OCH3 is 1. The molecule has 0 heterocycles. The van der Waals surface area contributed by atoms with Crippen molar-refractivity contribution >= 4 is 6.41 Å². The first kappa shape index (κ1) is 10.6. The van der Waals surface area contributed by atoms with Crippen LogP contribution in [0.5, 0.6) is 5.75 Å². The number of rotatable bonds is 5. The van der Waals surface area contributed by atoms with Crippen LogP contribution >= 0.6 is 0 Å². The lowest BCUT2D eigenvalue weighted by Crippen LogP contribution is -2.18. The fourth-order valence-corrected chi connectivity index (χ4v) is 1.19. The van der Waals surface area contributed by atoms with Gasteiger partial charge in [0.05, 0.1) is 7.11 Å². The summed E-state index contributed by atoms with van der Waals surface area (Å²) in [5, 5.41) is 0. The molecule has 3 nitrogen and oxygen atoms in total. The standard InChI is InChI=1S/C11H15NO2/c1-12(9-13)7-6-10-4-3-5-11(8-10)14-2/h3-5,8-9H,6-7H2,1-2H3. The van der Waals surface area contributed by atoms with Crippen molar-refractivity contribution in [1.82, 2.24) is 4.90 Å². The monoisotopic (exact) mass is 193 g/mol. The normalized spacial score (nSPS) is 9.57. The van der Waals surface area contributed by atoms with Gasteiger partial charge in [0.2, 0.25) is 6.41 Å². The van der Waals surface area contributed by atoms with Crippen molar-refractivity contribution in [3.63, 3.8) is 0 Å². The van der Waals surface area contributed by atoms with E-state index in [-0.39, 0.29) is 0 Å². The van der Waals surface area contributed by atoms with Gasteiger partial charge in [0.15, 0.2) is 0 Å². The molecule has 1 rings (SSSR count). The van der Waals surface area contributed by atoms with E-state index in [9.17, 15) is 4.79 Å². The summed E-state index contributed by atoms with van der Waals surface area (Å²) < 4.78 is 5.10. The van der Waals surface area contributed by atoms with Crippen molar-refractivity contribution in [2.45, 2.75) is 6.42 Å². The highest BCUT2D eigenvalue weighted by atomic mass is 16.5. The van der Waals surface area contributed by atoms with E-state index < -0.39 is 0 Å². The Bertz CT molecular complexity index is 299. The third kappa shape index (κ3) is 3.09. The van der Waals surface area contributed by atoms with Gasteiger partial charge in [-0.2, -0.15) is 0 Å². The summed E-state index contributed by atoms with van der Waals surface area (Å²) in [5.74, 6) is 0.858. The molecule has 0 aromatic heterocycles. The molecule has 76 valence electrons. The van der Waals surface area contributed by atoms with Gasteiger partial charge in [-0.3, -0.25) is 4.79 Å². The van der Waals surface area contributed by atoms with E-state index in [0.29, 0.717) is 0 Å². The molecule has 3 heteroatoms. The molecule has 0 fully saturated rings. The van der Waals surface area contributed by atoms with Gasteiger partial charge in [0.25, 0.3) is 0 Å². The Morgan fingerprint density at radius 2 is 2.29 bits per heavy atom. The molecule has 1 aromatic carbocycles. The number of ether oxygens (including phenoxy) is 1. The summed E-state index contributed by atoms with van der Waals surface area (Å²) in [6.45, 7) is 0.733. The zero-order chi connectivity index (χ0) is 10.4. The first-order chi connectivity index (χ1) is 6.76. The molecule has 0 aliphatic rings. The molecule has 0 radical (unpaired) electrons. The van der Waals surface area contributed by atoms with Gasteiger partial charge in [-0.15, -0.1) is 0 Å². The quantitative estimate of drug-likeness (QED) is 0.660. The van der Waals surface area contributed by atoms with Crippen LogP contribution in [0.15, 0.2) is 24.3 Å². The van der Waals surface area contributed by atoms with E-state index in [2.05, 4.69) is 0 Å². The molecule has 0 unspecified atom stereocenters. The predicted molar refractivity (Wildman–Crippen MR) is 55.4 cm³/mol. The van der Waals surface area contributed by atoms with Crippen LogP contribution in [0.1, 0.15) is 5.56 Å². The van der Waals surface area contributed by atoms with Crippen LogP contribution < -0.4 is 4.74 Å². The minimum Gasteiger partial charge on any atom is -0.497 e. The van der Waals surface area contributed by atoms with Crippen LogP contribution in [0.25, 0.3) is 0 Å². The maximum Gasteiger partial charge on any atom is 0.209 e. The Kier molecular flexibility index (Phi) is 3.98. The van der Waals surface area contributed by atoms with Gasteiger partial charge < -0.3 is 9.64 Å². The van der Waals surface area contributed by atoms with E-state index in [1.54, 1.807) is 19.1 Å². The summed E-state index contributed by atoms with van der Waals surface area (Å²) in [4.78, 5) is 12.0. The lowest BCUT2D eigenvalue weighted by Gasteiger charge is -2.10. The molecule has 1 amide bonds. The number of hydrogen-bond donors (Lipinski definition) is 0. The predicted octanol–water partition coefficient (Wildman–Crippen LogP) is 1.33. The highest BCUT2D eigenvalue weighted by Crippen LogP contribution is 2.12. The molecule has 0 aliphatic heterocycles. The first-order valence-corrected chi connectivity index (χ1v) is 4.54. The van der Waals surface area contributed by atoms with Crippen LogP contribution in [-0.2, 0) is 11.2 Å². The maximum atomic E-state index is 10.4. The van der Waals surface area contributed by atoms with Crippen LogP contribution in [0.3, 0.4) is 0 Å². The Hall–Kier alpha value is -1.51. The number of nitrogens with zero attached hydrogens (tertiary/aromatic N) is 1. The van der Waals surface area contributed by atoms with Crippen LogP contribution in [-0.4, -0.2) is 32.0 Å². The van der Waals surface area contributed by atoms with Crippen molar-refractivity contribution in [3.8, 4) is 5.75 Å². The van der Waals surface area contributed by atoms with Crippen molar-refractivity contribution in [1.29, 1.82) is 0 Å². The lowest BCUT2D eigenvalue weighted by atomic mass is 10.1. The number of carbonyl (C=O) groups is 1. The molecular weight excluding hydrogens is 178 g/mol. The van der Waals surface area contributed by atoms with E-state index in [4.69, 9.17) is 4.74 Å². The largest absolute Gasteiger partial charge is 0.497 e. The summed E-state index contributed by atoms with van der Waals surface area (Å²) in [6, 6.07) is 7.88. The van der Waals surface area contributed by atoms with Gasteiger partial charge >= 0.3 is 0 Å². The first-order valence-electron chi connectivity index (χ1n) is 4.54. The minimum atomic E-state index is 0.733. The van der Waals surface area contributed by atoms with E-state index in [0.717, 1.165) is 25.1 Å². The smallest absolute Gasteiger partial charge is 0.209 e. The summed E-state index contributed by atoms with van der Waals surface area (Å²) >= 11 is 0. The Balaban J connectivity index is 2.54. The van der Waals surface area contributed by atoms with Crippen LogP contribution in [0.4, 0.5) is 0 Å². The van der Waals surface area contributed by atoms with Gasteiger partial charge in [0.1, 0.15) is 5.75 Å². The maximum absolute atomic E-state index is 10.4. The second kappa shape index (κ2) is 5.27. The van der Waals surface area contributed by atoms with Crippen LogP contribution in [0, 0.1) is 0 Å². The summed E-state index contributed by atoms with van der Waals surface area (Å²) in [5.41, 5.74) is 1.18. The zero-order valence-corrected chi connectivity index (χ0v) is 8.56. The second-order valence-electron chi connectivity index (χ2n) is 3.19. The van der Waals surface area contributed by atoms with Crippen molar-refractivity contribution in [2.75, 3.05) is 20.7 Å². The molecule has 1 aromatic rings. The average molecular weight is 193 g/mol. The van der Waals surface area contributed by atoms with Gasteiger partial charge in [-0.25, -0.2) is 0 Å². The molecule has 0 atom stereocenters. The highest BCUT2D eigenvalue weighted by Gasteiger charge is 1.97. The van der Waals surface area contributed by atoms with Crippen molar-refractivity contribution < 1.29 is 9.53 Å². The second-order valence-corrected chi connectivity index (χ2v) is 3.19. The number of amides is 1. The molecule has 0 saturated heterocycles. The number of carbonyl (C=O) groups excluding carboxylic acids is 1. The van der Waals surface area contributed by atoms with Gasteiger partial charge in [-0.05, 0) is 24.1 Å². The SMILES string of the molecule is COc1cccc(CCN(C)C=O)c1. The molecule has 0 bridgehead atoms. The number of likely N-dealkylation sites (N-methyl/N-ethyl adjacent to an activating group) is 1. The van der Waals surface area contributed by atoms with Crippen molar-refractivity contribution in [2.24, 2.45) is 0 Å². The fraction of sp³-hybridized carbons (Fsp3) is 0.364. The molecule has 0 spiro atoms. The molecule has 0 saturated carbocycles. The Morgan fingerprint density at radius 1 is 1.50 bits per heavy atom. The van der Waals surface area contributed by atoms with E-state index in [1.807, 2.05) is 24.3 Å². The van der Waals surface area contributed by atoms with Gasteiger partial charge in [0, 0.05) is 13.6 Å². The third-order valence-electron chi connectivity index (χ3n) is 2.07. The molecule has 0 N–H and O–H groups in total. The third-order valence-corrected chi connectivity index (χ3v) is 2.07. The number of hydrogen-bond acceptors (Lipinski definition) is 2. The molecule has 0 aliphatic carbocycles. The Labute approximate surface area is 84.3 Å². The number of benzene rings is 1. The van der Waals surface area contributed by atoms with Gasteiger partial charge in [-0.1, -0.05) is 12.1 Å². The van der Waals surface area contributed by atoms with Crippen molar-refractivity contribution in [3.05, 3.63) is 29.8 Å². The Morgan fingerprint density at radius 3 is 2.93 bits per heavy atom. The topological polar surface area (TPSA) is 29.5 Å². The highest BCUT2D eigenvalue weighted by molar-refractivity contribution is 5.46. The average Bonchev–Trinajstić information content (AvgIpc) is 2.26. The molecular formula is C11H15NO2. The van der Waals surface area contributed by atoms with E-state index >= 15 is 0 Å². The molecule has 14 heavy (non-hydrogen) atoms. The van der Waals surface area contributed by atoms with Crippen LogP contribution in [0.2, 0.25) is 0 Å².